The Hall–Kier alpha value is -1.09. The van der Waals surface area contributed by atoms with E-state index in [4.69, 9.17) is 11.6 Å². The van der Waals surface area contributed by atoms with E-state index in [9.17, 15) is 0 Å². The molecule has 2 aromatic rings. The molecule has 21 heavy (non-hydrogen) atoms. The minimum absolute atomic E-state index is 0.769. The number of halogens is 1. The monoisotopic (exact) mass is 317 g/mol. The molecule has 0 aliphatic heterocycles. The summed E-state index contributed by atoms with van der Waals surface area (Å²) in [6, 6.07) is 13.2. The molecule has 0 amide bonds. The number of hydrogen-bond donors (Lipinski definition) is 1. The van der Waals surface area contributed by atoms with Gasteiger partial charge >= 0.3 is 0 Å². The molecule has 1 aliphatic carbocycles. The van der Waals surface area contributed by atoms with Crippen LogP contribution >= 0.6 is 22.9 Å². The van der Waals surface area contributed by atoms with Crippen molar-refractivity contribution >= 4 is 29.0 Å². The van der Waals surface area contributed by atoms with Crippen LogP contribution in [0.25, 0.3) is 16.5 Å². The van der Waals surface area contributed by atoms with E-state index in [1.807, 2.05) is 29.5 Å². The zero-order valence-electron chi connectivity index (χ0n) is 12.2. The van der Waals surface area contributed by atoms with E-state index in [2.05, 4.69) is 36.5 Å². The van der Waals surface area contributed by atoms with Crippen LogP contribution in [0.15, 0.2) is 42.0 Å². The second-order valence-corrected chi connectivity index (χ2v) is 7.08. The molecule has 1 aromatic carbocycles. The fraction of sp³-hybridized carbons (Fsp3) is 0.333. The summed E-state index contributed by atoms with van der Waals surface area (Å²) in [5, 5.41) is 4.39. The van der Waals surface area contributed by atoms with Crippen molar-refractivity contribution < 1.29 is 0 Å². The van der Waals surface area contributed by atoms with E-state index in [1.54, 1.807) is 0 Å². The van der Waals surface area contributed by atoms with E-state index in [0.29, 0.717) is 0 Å². The maximum Gasteiger partial charge on any atom is 0.0412 e. The lowest BCUT2D eigenvalue weighted by Crippen LogP contribution is -2.18. The van der Waals surface area contributed by atoms with Crippen molar-refractivity contribution in [2.45, 2.75) is 32.2 Å². The zero-order valence-corrected chi connectivity index (χ0v) is 13.8. The molecule has 3 rings (SSSR count). The topological polar surface area (TPSA) is 12.0 Å². The van der Waals surface area contributed by atoms with Gasteiger partial charge in [-0.1, -0.05) is 36.2 Å². The molecular formula is C18H20ClNS. The first kappa shape index (κ1) is 14.8. The van der Waals surface area contributed by atoms with Crippen LogP contribution in [0.2, 0.25) is 5.02 Å². The first-order valence-corrected chi connectivity index (χ1v) is 8.72. The quantitative estimate of drug-likeness (QED) is 0.729. The van der Waals surface area contributed by atoms with Crippen LogP contribution < -0.4 is 5.32 Å². The Morgan fingerprint density at radius 1 is 1.33 bits per heavy atom. The Bertz CT molecular complexity index is 640. The highest BCUT2D eigenvalue weighted by Gasteiger charge is 2.20. The van der Waals surface area contributed by atoms with E-state index in [-0.39, 0.29) is 0 Å². The van der Waals surface area contributed by atoms with E-state index in [0.717, 1.165) is 24.0 Å². The third-order valence-corrected chi connectivity index (χ3v) is 5.05. The van der Waals surface area contributed by atoms with Crippen molar-refractivity contribution in [1.82, 2.24) is 5.32 Å². The summed E-state index contributed by atoms with van der Waals surface area (Å²) >= 11 is 7.89. The van der Waals surface area contributed by atoms with Gasteiger partial charge in [-0.25, -0.2) is 0 Å². The highest BCUT2D eigenvalue weighted by Crippen LogP contribution is 2.31. The number of benzene rings is 1. The lowest BCUT2D eigenvalue weighted by Gasteiger charge is -2.05. The van der Waals surface area contributed by atoms with Crippen LogP contribution in [-0.2, 0) is 0 Å². The highest BCUT2D eigenvalue weighted by atomic mass is 35.5. The van der Waals surface area contributed by atoms with Gasteiger partial charge in [-0.05, 0) is 55.2 Å². The van der Waals surface area contributed by atoms with Gasteiger partial charge in [-0.2, -0.15) is 0 Å². The Morgan fingerprint density at radius 2 is 2.19 bits per heavy atom. The number of nitrogens with one attached hydrogen (secondary N) is 1. The molecule has 1 saturated carbocycles. The molecule has 3 heteroatoms. The molecule has 1 heterocycles. The van der Waals surface area contributed by atoms with Crippen LogP contribution in [-0.4, -0.2) is 12.6 Å². The third-order valence-electron chi connectivity index (χ3n) is 3.73. The van der Waals surface area contributed by atoms with Gasteiger partial charge in [0, 0.05) is 27.4 Å². The Labute approximate surface area is 135 Å². The second-order valence-electron chi connectivity index (χ2n) is 5.52. The highest BCUT2D eigenvalue weighted by molar-refractivity contribution is 7.16. The predicted octanol–water partition coefficient (Wildman–Crippen LogP) is 5.61. The molecule has 0 radical (unpaired) electrons. The lowest BCUT2D eigenvalue weighted by molar-refractivity contribution is 0.723. The summed E-state index contributed by atoms with van der Waals surface area (Å²) in [4.78, 5) is 2.59. The maximum atomic E-state index is 6.07. The molecule has 1 nitrogen and oxygen atoms in total. The molecule has 0 spiro atoms. The van der Waals surface area contributed by atoms with Crippen molar-refractivity contribution in [2.75, 3.05) is 6.54 Å². The SMILES string of the molecule is CCC(=Cc1ccc(-c2cccc(Cl)c2)s1)CNC1CC1. The average Bonchev–Trinajstić information content (AvgIpc) is 3.20. The van der Waals surface area contributed by atoms with Gasteiger partial charge in [0.25, 0.3) is 0 Å². The lowest BCUT2D eigenvalue weighted by atomic mass is 10.1. The Kier molecular flexibility index (Phi) is 4.79. The molecule has 1 N–H and O–H groups in total. The van der Waals surface area contributed by atoms with Crippen molar-refractivity contribution in [2.24, 2.45) is 0 Å². The minimum atomic E-state index is 0.769. The molecular weight excluding hydrogens is 298 g/mol. The normalized spacial score (nSPS) is 15.4. The van der Waals surface area contributed by atoms with Gasteiger partial charge in [-0.3, -0.25) is 0 Å². The summed E-state index contributed by atoms with van der Waals surface area (Å²) in [6.45, 7) is 3.25. The smallest absolute Gasteiger partial charge is 0.0412 e. The molecule has 1 aliphatic rings. The fourth-order valence-corrected chi connectivity index (χ4v) is 3.46. The maximum absolute atomic E-state index is 6.07. The zero-order chi connectivity index (χ0) is 14.7. The second kappa shape index (κ2) is 6.78. The van der Waals surface area contributed by atoms with Crippen LogP contribution in [0.5, 0.6) is 0 Å². The first-order valence-electron chi connectivity index (χ1n) is 7.53. The molecule has 0 unspecified atom stereocenters. The molecule has 0 atom stereocenters. The van der Waals surface area contributed by atoms with Gasteiger partial charge in [-0.15, -0.1) is 11.3 Å². The summed E-state index contributed by atoms with van der Waals surface area (Å²) in [5.41, 5.74) is 2.67. The molecule has 110 valence electrons. The Morgan fingerprint density at radius 3 is 2.90 bits per heavy atom. The van der Waals surface area contributed by atoms with Crippen LogP contribution in [0.3, 0.4) is 0 Å². The van der Waals surface area contributed by atoms with Gasteiger partial charge in [0.15, 0.2) is 0 Å². The van der Waals surface area contributed by atoms with Gasteiger partial charge in [0.05, 0.1) is 0 Å². The van der Waals surface area contributed by atoms with E-state index < -0.39 is 0 Å². The van der Waals surface area contributed by atoms with Crippen molar-refractivity contribution in [1.29, 1.82) is 0 Å². The third kappa shape index (κ3) is 4.19. The van der Waals surface area contributed by atoms with E-state index in [1.165, 1.54) is 33.7 Å². The average molecular weight is 318 g/mol. The predicted molar refractivity (Wildman–Crippen MR) is 94.1 cm³/mol. The molecule has 1 aromatic heterocycles. The van der Waals surface area contributed by atoms with Crippen molar-refractivity contribution in [3.8, 4) is 10.4 Å². The fourth-order valence-electron chi connectivity index (χ4n) is 2.27. The summed E-state index contributed by atoms with van der Waals surface area (Å²) in [5.74, 6) is 0. The largest absolute Gasteiger partial charge is 0.310 e. The number of thiophene rings is 1. The van der Waals surface area contributed by atoms with Crippen LogP contribution in [0.4, 0.5) is 0 Å². The number of rotatable bonds is 6. The van der Waals surface area contributed by atoms with Crippen LogP contribution in [0, 0.1) is 0 Å². The van der Waals surface area contributed by atoms with Gasteiger partial charge < -0.3 is 5.32 Å². The molecule has 1 fully saturated rings. The van der Waals surface area contributed by atoms with E-state index >= 15 is 0 Å². The van der Waals surface area contributed by atoms with Crippen molar-refractivity contribution in [3.63, 3.8) is 0 Å². The van der Waals surface area contributed by atoms with Crippen molar-refractivity contribution in [3.05, 3.63) is 51.9 Å². The number of hydrogen-bond acceptors (Lipinski definition) is 2. The summed E-state index contributed by atoms with van der Waals surface area (Å²) in [6.07, 6.45) is 6.11. The van der Waals surface area contributed by atoms with Gasteiger partial charge in [0.2, 0.25) is 0 Å². The Balaban J connectivity index is 1.73. The van der Waals surface area contributed by atoms with Gasteiger partial charge in [0.1, 0.15) is 0 Å². The molecule has 0 bridgehead atoms. The summed E-state index contributed by atoms with van der Waals surface area (Å²) in [7, 11) is 0. The summed E-state index contributed by atoms with van der Waals surface area (Å²) < 4.78 is 0. The standard InChI is InChI=1S/C18H20ClNS/c1-2-13(12-20-16-6-7-16)10-17-8-9-18(21-17)14-4-3-5-15(19)11-14/h3-5,8-11,16,20H,2,6-7,12H2,1H3. The van der Waals surface area contributed by atoms with Crippen LogP contribution in [0.1, 0.15) is 31.1 Å². The minimum Gasteiger partial charge on any atom is -0.310 e. The molecule has 0 saturated heterocycles. The first-order chi connectivity index (χ1) is 10.2.